The van der Waals surface area contributed by atoms with Crippen molar-refractivity contribution in [2.45, 2.75) is 24.8 Å². The molecule has 0 aliphatic carbocycles. The summed E-state index contributed by atoms with van der Waals surface area (Å²) in [6, 6.07) is 5.82. The Bertz CT molecular complexity index is 467. The van der Waals surface area contributed by atoms with Crippen LogP contribution in [0.5, 0.6) is 5.75 Å². The zero-order valence-electron chi connectivity index (χ0n) is 11.1. The minimum absolute atomic E-state index is 0.0593. The Hall–Kier alpha value is -1.17. The number of hydrogen-bond acceptors (Lipinski definition) is 2. The van der Waals surface area contributed by atoms with E-state index in [4.69, 9.17) is 0 Å². The number of piperidine rings is 1. The molecule has 1 amide bonds. The Balaban J connectivity index is 2.02. The summed E-state index contributed by atoms with van der Waals surface area (Å²) in [6.07, 6.45) is 0.916. The summed E-state index contributed by atoms with van der Waals surface area (Å²) in [5.41, 5.74) is 0.492. The van der Waals surface area contributed by atoms with E-state index in [-0.39, 0.29) is 11.7 Å². The van der Waals surface area contributed by atoms with E-state index >= 15 is 0 Å². The normalized spacial score (nSPS) is 22.9. The van der Waals surface area contributed by atoms with Crippen LogP contribution in [0.25, 0.3) is 0 Å². The zero-order chi connectivity index (χ0) is 14.7. The third-order valence-corrected chi connectivity index (χ3v) is 4.77. The molecule has 0 N–H and O–H groups in total. The van der Waals surface area contributed by atoms with Crippen molar-refractivity contribution in [3.63, 3.8) is 0 Å². The number of carbonyl (C=O) groups excluding carboxylic acids is 1. The molecule has 1 aliphatic heterocycles. The largest absolute Gasteiger partial charge is 0.435 e. The van der Waals surface area contributed by atoms with Gasteiger partial charge in [-0.2, -0.15) is 8.78 Å². The molecule has 3 nitrogen and oxygen atoms in total. The van der Waals surface area contributed by atoms with Gasteiger partial charge in [0.15, 0.2) is 0 Å². The first-order valence-electron chi connectivity index (χ1n) is 6.45. The van der Waals surface area contributed by atoms with Crippen LogP contribution in [0.3, 0.4) is 0 Å². The summed E-state index contributed by atoms with van der Waals surface area (Å²) >= 11 is 3.59. The van der Waals surface area contributed by atoms with E-state index in [1.807, 2.05) is 0 Å². The summed E-state index contributed by atoms with van der Waals surface area (Å²) in [4.78, 5) is 14.5. The van der Waals surface area contributed by atoms with Crippen LogP contribution in [0.4, 0.5) is 8.78 Å². The first-order valence-corrected chi connectivity index (χ1v) is 7.37. The average molecular weight is 348 g/mol. The van der Waals surface area contributed by atoms with Crippen molar-refractivity contribution in [3.8, 4) is 5.75 Å². The smallest absolute Gasteiger partial charge is 0.387 e. The number of carbonyl (C=O) groups is 1. The maximum atomic E-state index is 12.3. The second kappa shape index (κ2) is 6.52. The van der Waals surface area contributed by atoms with Crippen molar-refractivity contribution in [2.75, 3.05) is 13.1 Å². The monoisotopic (exact) mass is 347 g/mol. The summed E-state index contributed by atoms with van der Waals surface area (Å²) in [6.45, 7) is 0.645. The average Bonchev–Trinajstić information content (AvgIpc) is 2.41. The first kappa shape index (κ1) is 15.2. The second-order valence-corrected chi connectivity index (χ2v) is 6.11. The van der Waals surface area contributed by atoms with Crippen LogP contribution in [0.2, 0.25) is 0 Å². The van der Waals surface area contributed by atoms with Crippen molar-refractivity contribution < 1.29 is 18.3 Å². The number of nitrogens with zero attached hydrogens (tertiary/aromatic N) is 1. The Kier molecular flexibility index (Phi) is 4.96. The number of rotatable bonds is 3. The molecule has 1 aliphatic rings. The van der Waals surface area contributed by atoms with Crippen molar-refractivity contribution in [1.29, 1.82) is 0 Å². The zero-order valence-corrected chi connectivity index (χ0v) is 12.6. The number of benzene rings is 1. The molecular weight excluding hydrogens is 332 g/mol. The summed E-state index contributed by atoms with van der Waals surface area (Å²) in [7, 11) is 0. The van der Waals surface area contributed by atoms with Gasteiger partial charge >= 0.3 is 6.61 Å². The molecule has 2 rings (SSSR count). The molecule has 0 spiro atoms. The highest BCUT2D eigenvalue weighted by Crippen LogP contribution is 2.25. The van der Waals surface area contributed by atoms with Crippen molar-refractivity contribution in [2.24, 2.45) is 5.92 Å². The van der Waals surface area contributed by atoms with Crippen LogP contribution < -0.4 is 4.74 Å². The van der Waals surface area contributed by atoms with Gasteiger partial charge in [-0.3, -0.25) is 4.79 Å². The summed E-state index contributed by atoms with van der Waals surface area (Å²) in [5.74, 6) is 0.387. The number of alkyl halides is 3. The van der Waals surface area contributed by atoms with Crippen molar-refractivity contribution >= 4 is 21.8 Å². The first-order chi connectivity index (χ1) is 9.47. The van der Waals surface area contributed by atoms with Crippen LogP contribution in [0, 0.1) is 5.92 Å². The third kappa shape index (κ3) is 3.69. The van der Waals surface area contributed by atoms with Gasteiger partial charge in [0.2, 0.25) is 0 Å². The molecule has 20 heavy (non-hydrogen) atoms. The number of amides is 1. The molecule has 0 saturated carbocycles. The molecule has 0 radical (unpaired) electrons. The summed E-state index contributed by atoms with van der Waals surface area (Å²) in [5, 5.41) is 0. The van der Waals surface area contributed by atoms with Crippen LogP contribution in [-0.4, -0.2) is 35.3 Å². The van der Waals surface area contributed by atoms with Gasteiger partial charge < -0.3 is 9.64 Å². The highest BCUT2D eigenvalue weighted by molar-refractivity contribution is 9.09. The Morgan fingerprint density at radius 2 is 2.05 bits per heavy atom. The Labute approximate surface area is 125 Å². The molecule has 1 saturated heterocycles. The molecule has 1 aromatic carbocycles. The topological polar surface area (TPSA) is 29.5 Å². The summed E-state index contributed by atoms with van der Waals surface area (Å²) < 4.78 is 28.4. The highest BCUT2D eigenvalue weighted by atomic mass is 79.9. The van der Waals surface area contributed by atoms with Crippen molar-refractivity contribution in [1.82, 2.24) is 4.90 Å². The second-order valence-electron chi connectivity index (χ2n) is 4.94. The minimum atomic E-state index is -2.85. The SMILES string of the molecule is CC1CN(C(=O)c2ccc(OC(F)F)cc2)CCC1Br. The van der Waals surface area contributed by atoms with Gasteiger partial charge in [0.25, 0.3) is 5.91 Å². The van der Waals surface area contributed by atoms with E-state index in [1.54, 1.807) is 4.90 Å². The van der Waals surface area contributed by atoms with Crippen LogP contribution in [0.15, 0.2) is 24.3 Å². The minimum Gasteiger partial charge on any atom is -0.435 e. The fraction of sp³-hybridized carbons (Fsp3) is 0.500. The lowest BCUT2D eigenvalue weighted by Crippen LogP contribution is -2.43. The standard InChI is InChI=1S/C14H16BrF2NO2/c1-9-8-18(7-6-12(9)15)13(19)10-2-4-11(5-3-10)20-14(16)17/h2-5,9,12,14H,6-8H2,1H3. The molecule has 0 bridgehead atoms. The van der Waals surface area contributed by atoms with Gasteiger partial charge in [-0.05, 0) is 36.6 Å². The van der Waals surface area contributed by atoms with Gasteiger partial charge in [0.1, 0.15) is 5.75 Å². The molecular formula is C14H16BrF2NO2. The van der Waals surface area contributed by atoms with Gasteiger partial charge in [0.05, 0.1) is 0 Å². The van der Waals surface area contributed by atoms with E-state index in [0.717, 1.165) is 6.42 Å². The predicted molar refractivity (Wildman–Crippen MR) is 75.5 cm³/mol. The molecule has 1 fully saturated rings. The van der Waals surface area contributed by atoms with Gasteiger partial charge in [-0.25, -0.2) is 0 Å². The molecule has 6 heteroatoms. The van der Waals surface area contributed by atoms with Crippen LogP contribution in [-0.2, 0) is 0 Å². The van der Waals surface area contributed by atoms with E-state index in [2.05, 4.69) is 27.6 Å². The number of ether oxygens (including phenoxy) is 1. The molecule has 0 aromatic heterocycles. The highest BCUT2D eigenvalue weighted by Gasteiger charge is 2.27. The fourth-order valence-corrected chi connectivity index (χ4v) is 2.63. The van der Waals surface area contributed by atoms with E-state index in [1.165, 1.54) is 24.3 Å². The molecule has 1 aromatic rings. The molecule has 2 atom stereocenters. The van der Waals surface area contributed by atoms with Crippen LogP contribution >= 0.6 is 15.9 Å². The maximum absolute atomic E-state index is 12.3. The Morgan fingerprint density at radius 1 is 1.40 bits per heavy atom. The van der Waals surface area contributed by atoms with Gasteiger partial charge in [0, 0.05) is 23.5 Å². The van der Waals surface area contributed by atoms with Crippen molar-refractivity contribution in [3.05, 3.63) is 29.8 Å². The molecule has 2 unspecified atom stereocenters. The lowest BCUT2D eigenvalue weighted by molar-refractivity contribution is -0.0498. The quantitative estimate of drug-likeness (QED) is 0.782. The van der Waals surface area contributed by atoms with Gasteiger partial charge in [-0.1, -0.05) is 22.9 Å². The van der Waals surface area contributed by atoms with E-state index < -0.39 is 6.61 Å². The predicted octanol–water partition coefficient (Wildman–Crippen LogP) is 3.53. The number of hydrogen-bond donors (Lipinski definition) is 0. The number of likely N-dealkylation sites (tertiary alicyclic amines) is 1. The Morgan fingerprint density at radius 3 is 2.60 bits per heavy atom. The number of halogens is 3. The third-order valence-electron chi connectivity index (χ3n) is 3.41. The van der Waals surface area contributed by atoms with Gasteiger partial charge in [-0.15, -0.1) is 0 Å². The fourth-order valence-electron chi connectivity index (χ4n) is 2.26. The van der Waals surface area contributed by atoms with E-state index in [9.17, 15) is 13.6 Å². The lowest BCUT2D eigenvalue weighted by atomic mass is 9.99. The molecule has 110 valence electrons. The molecule has 1 heterocycles. The lowest BCUT2D eigenvalue weighted by Gasteiger charge is -2.34. The maximum Gasteiger partial charge on any atom is 0.387 e. The van der Waals surface area contributed by atoms with E-state index in [0.29, 0.717) is 29.4 Å². The van der Waals surface area contributed by atoms with Crippen LogP contribution in [0.1, 0.15) is 23.7 Å².